The molecule has 84 valence electrons. The van der Waals surface area contributed by atoms with E-state index in [1.54, 1.807) is 12.1 Å². The molecular weight excluding hydrogens is 213 g/mol. The van der Waals surface area contributed by atoms with Crippen LogP contribution in [0, 0.1) is 5.82 Å². The number of methoxy groups -OCH3 is 1. The molecule has 16 heavy (non-hydrogen) atoms. The van der Waals surface area contributed by atoms with Crippen LogP contribution in [0.1, 0.15) is 5.69 Å². The number of aliphatic hydroxyl groups is 1. The van der Waals surface area contributed by atoms with Gasteiger partial charge in [-0.15, -0.1) is 0 Å². The van der Waals surface area contributed by atoms with Gasteiger partial charge in [0.1, 0.15) is 5.69 Å². The monoisotopic (exact) mass is 223 g/mol. The van der Waals surface area contributed by atoms with Crippen LogP contribution in [0.4, 0.5) is 4.39 Å². The molecule has 1 aromatic heterocycles. The Labute approximate surface area is 91.3 Å². The van der Waals surface area contributed by atoms with Gasteiger partial charge in [0, 0.05) is 11.6 Å². The normalized spacial score (nSPS) is 10.4. The van der Waals surface area contributed by atoms with Crippen LogP contribution >= 0.6 is 0 Å². The van der Waals surface area contributed by atoms with Gasteiger partial charge in [-0.05, 0) is 18.2 Å². The van der Waals surface area contributed by atoms with Gasteiger partial charge in [-0.25, -0.2) is 4.39 Å². The molecule has 1 aromatic carbocycles. The zero-order valence-electron chi connectivity index (χ0n) is 8.61. The summed E-state index contributed by atoms with van der Waals surface area (Å²) in [5.74, 6) is 0.162. The summed E-state index contributed by atoms with van der Waals surface area (Å²) in [4.78, 5) is 0. The SMILES string of the molecule is COc1cc(-c2cc(CO)no2)ccc1F. The second-order valence-electron chi connectivity index (χ2n) is 3.19. The highest BCUT2D eigenvalue weighted by atomic mass is 19.1. The number of aromatic nitrogens is 1. The maximum atomic E-state index is 13.1. The number of hydrogen-bond donors (Lipinski definition) is 1. The molecule has 0 unspecified atom stereocenters. The first kappa shape index (κ1) is 10.6. The molecule has 0 spiro atoms. The molecule has 0 atom stereocenters. The Morgan fingerprint density at radius 1 is 1.44 bits per heavy atom. The molecular formula is C11H10FNO3. The van der Waals surface area contributed by atoms with Crippen molar-refractivity contribution in [3.05, 3.63) is 35.8 Å². The second-order valence-corrected chi connectivity index (χ2v) is 3.19. The van der Waals surface area contributed by atoms with E-state index in [2.05, 4.69) is 5.16 Å². The van der Waals surface area contributed by atoms with Crippen molar-refractivity contribution < 1.29 is 18.8 Å². The Kier molecular flexibility index (Phi) is 2.87. The molecule has 0 bridgehead atoms. The van der Waals surface area contributed by atoms with Crippen LogP contribution in [-0.4, -0.2) is 17.4 Å². The van der Waals surface area contributed by atoms with Crippen molar-refractivity contribution >= 4 is 0 Å². The van der Waals surface area contributed by atoms with E-state index >= 15 is 0 Å². The quantitative estimate of drug-likeness (QED) is 0.864. The number of halogens is 1. The molecule has 0 saturated heterocycles. The standard InChI is InChI=1S/C11H10FNO3/c1-15-11-4-7(2-3-9(11)12)10-5-8(6-14)13-16-10/h2-5,14H,6H2,1H3. The molecule has 0 fully saturated rings. The van der Waals surface area contributed by atoms with Gasteiger partial charge in [0.15, 0.2) is 17.3 Å². The van der Waals surface area contributed by atoms with Crippen molar-refractivity contribution in [3.63, 3.8) is 0 Å². The van der Waals surface area contributed by atoms with E-state index in [9.17, 15) is 4.39 Å². The minimum atomic E-state index is -0.437. The highest BCUT2D eigenvalue weighted by molar-refractivity contribution is 5.59. The van der Waals surface area contributed by atoms with Crippen LogP contribution in [0.5, 0.6) is 5.75 Å². The molecule has 1 N–H and O–H groups in total. The Morgan fingerprint density at radius 3 is 2.88 bits per heavy atom. The Morgan fingerprint density at radius 2 is 2.25 bits per heavy atom. The minimum absolute atomic E-state index is 0.138. The number of ether oxygens (including phenoxy) is 1. The largest absolute Gasteiger partial charge is 0.494 e. The van der Waals surface area contributed by atoms with Gasteiger partial charge in [-0.2, -0.15) is 0 Å². The van der Waals surface area contributed by atoms with Gasteiger partial charge in [-0.3, -0.25) is 0 Å². The second kappa shape index (κ2) is 4.32. The summed E-state index contributed by atoms with van der Waals surface area (Å²) in [6.45, 7) is -0.193. The molecule has 2 aromatic rings. The first-order valence-electron chi connectivity index (χ1n) is 4.65. The maximum Gasteiger partial charge on any atom is 0.167 e. The molecule has 2 rings (SSSR count). The van der Waals surface area contributed by atoms with Crippen molar-refractivity contribution in [1.29, 1.82) is 0 Å². The van der Waals surface area contributed by atoms with Gasteiger partial charge in [-0.1, -0.05) is 5.16 Å². The third-order valence-corrected chi connectivity index (χ3v) is 2.16. The fraction of sp³-hybridized carbons (Fsp3) is 0.182. The average Bonchev–Trinajstić information content (AvgIpc) is 2.78. The third kappa shape index (κ3) is 1.90. The molecule has 0 aliphatic rings. The maximum absolute atomic E-state index is 13.1. The topological polar surface area (TPSA) is 55.5 Å². The highest BCUT2D eigenvalue weighted by Crippen LogP contribution is 2.26. The summed E-state index contributed by atoms with van der Waals surface area (Å²) < 4.78 is 23.0. The number of aliphatic hydroxyl groups excluding tert-OH is 1. The van der Waals surface area contributed by atoms with Crippen molar-refractivity contribution in [1.82, 2.24) is 5.16 Å². The molecule has 0 saturated carbocycles. The first-order chi connectivity index (χ1) is 7.74. The summed E-state index contributed by atoms with van der Waals surface area (Å²) in [7, 11) is 1.39. The number of rotatable bonds is 3. The smallest absolute Gasteiger partial charge is 0.167 e. The zero-order valence-corrected chi connectivity index (χ0v) is 8.61. The van der Waals surface area contributed by atoms with E-state index < -0.39 is 5.82 Å². The van der Waals surface area contributed by atoms with Crippen LogP contribution in [0.25, 0.3) is 11.3 Å². The van der Waals surface area contributed by atoms with Gasteiger partial charge >= 0.3 is 0 Å². The fourth-order valence-corrected chi connectivity index (χ4v) is 1.34. The Balaban J connectivity index is 2.40. The summed E-state index contributed by atoms with van der Waals surface area (Å²) >= 11 is 0. The van der Waals surface area contributed by atoms with Crippen molar-refractivity contribution in [3.8, 4) is 17.1 Å². The van der Waals surface area contributed by atoms with Gasteiger partial charge in [0.25, 0.3) is 0 Å². The summed E-state index contributed by atoms with van der Waals surface area (Å²) in [6.07, 6.45) is 0. The van der Waals surface area contributed by atoms with Crippen LogP contribution in [0.2, 0.25) is 0 Å². The molecule has 0 aliphatic heterocycles. The molecule has 0 radical (unpaired) electrons. The Hall–Kier alpha value is -1.88. The lowest BCUT2D eigenvalue weighted by molar-refractivity contribution is 0.267. The van der Waals surface area contributed by atoms with Crippen LogP contribution < -0.4 is 4.74 Å². The highest BCUT2D eigenvalue weighted by Gasteiger charge is 2.09. The van der Waals surface area contributed by atoms with Gasteiger partial charge < -0.3 is 14.4 Å². The zero-order chi connectivity index (χ0) is 11.5. The van der Waals surface area contributed by atoms with Crippen LogP contribution in [0.15, 0.2) is 28.8 Å². The molecule has 4 nitrogen and oxygen atoms in total. The molecule has 0 aliphatic carbocycles. The first-order valence-corrected chi connectivity index (χ1v) is 4.65. The summed E-state index contributed by atoms with van der Waals surface area (Å²) in [5.41, 5.74) is 1.07. The van der Waals surface area contributed by atoms with Crippen molar-refractivity contribution in [2.45, 2.75) is 6.61 Å². The molecule has 0 amide bonds. The third-order valence-electron chi connectivity index (χ3n) is 2.16. The van der Waals surface area contributed by atoms with Crippen LogP contribution in [0.3, 0.4) is 0 Å². The van der Waals surface area contributed by atoms with E-state index in [-0.39, 0.29) is 12.4 Å². The number of hydrogen-bond acceptors (Lipinski definition) is 4. The lowest BCUT2D eigenvalue weighted by Crippen LogP contribution is -1.88. The average molecular weight is 223 g/mol. The van der Waals surface area contributed by atoms with Crippen molar-refractivity contribution in [2.24, 2.45) is 0 Å². The molecule has 1 heterocycles. The van der Waals surface area contributed by atoms with E-state index in [1.807, 2.05) is 0 Å². The van der Waals surface area contributed by atoms with Gasteiger partial charge in [0.2, 0.25) is 0 Å². The van der Waals surface area contributed by atoms with E-state index in [0.29, 0.717) is 17.0 Å². The summed E-state index contributed by atoms with van der Waals surface area (Å²) in [5, 5.41) is 12.5. The van der Waals surface area contributed by atoms with E-state index in [1.165, 1.54) is 19.2 Å². The summed E-state index contributed by atoms with van der Waals surface area (Å²) in [6, 6.07) is 5.94. The van der Waals surface area contributed by atoms with Crippen molar-refractivity contribution in [2.75, 3.05) is 7.11 Å². The van der Waals surface area contributed by atoms with Crippen LogP contribution in [-0.2, 0) is 6.61 Å². The predicted octanol–water partition coefficient (Wildman–Crippen LogP) is 1.98. The predicted molar refractivity (Wildman–Crippen MR) is 54.4 cm³/mol. The van der Waals surface area contributed by atoms with E-state index in [4.69, 9.17) is 14.4 Å². The minimum Gasteiger partial charge on any atom is -0.494 e. The number of nitrogens with zero attached hydrogens (tertiary/aromatic N) is 1. The lowest BCUT2D eigenvalue weighted by Gasteiger charge is -2.02. The lowest BCUT2D eigenvalue weighted by atomic mass is 10.1. The van der Waals surface area contributed by atoms with E-state index in [0.717, 1.165) is 0 Å². The number of benzene rings is 1. The molecule has 5 heteroatoms. The Bertz CT molecular complexity index is 496. The fourth-order valence-electron chi connectivity index (χ4n) is 1.34. The van der Waals surface area contributed by atoms with Gasteiger partial charge in [0.05, 0.1) is 13.7 Å².